The normalized spacial score (nSPS) is 15.9. The van der Waals surface area contributed by atoms with Crippen LogP contribution in [0.4, 0.5) is 5.69 Å². The summed E-state index contributed by atoms with van der Waals surface area (Å²) in [5, 5.41) is 22.1. The molecule has 0 saturated carbocycles. The first-order chi connectivity index (χ1) is 17.0. The Labute approximate surface area is 218 Å². The number of nitriles is 2. The van der Waals surface area contributed by atoms with E-state index in [1.54, 1.807) is 17.4 Å². The molecule has 0 spiro atoms. The van der Waals surface area contributed by atoms with Crippen molar-refractivity contribution in [3.8, 4) is 12.1 Å². The van der Waals surface area contributed by atoms with Gasteiger partial charge in [0.2, 0.25) is 0 Å². The first-order valence-electron chi connectivity index (χ1n) is 12.1. The minimum atomic E-state index is -0.233. The van der Waals surface area contributed by atoms with Crippen LogP contribution in [0, 0.1) is 57.3 Å². The lowest BCUT2D eigenvalue weighted by Crippen LogP contribution is -2.15. The van der Waals surface area contributed by atoms with Crippen molar-refractivity contribution in [2.45, 2.75) is 53.9 Å². The largest absolute Gasteiger partial charge is 0.361 e. The van der Waals surface area contributed by atoms with Gasteiger partial charge in [-0.1, -0.05) is 38.1 Å². The Morgan fingerprint density at radius 3 is 2.17 bits per heavy atom. The molecule has 1 aliphatic carbocycles. The number of benzene rings is 2. The van der Waals surface area contributed by atoms with Crippen LogP contribution in [0.1, 0.15) is 62.5 Å². The van der Waals surface area contributed by atoms with Gasteiger partial charge in [0.05, 0.1) is 0 Å². The molecule has 4 rings (SSSR count). The molecule has 0 saturated heterocycles. The molecule has 0 atom stereocenters. The quantitative estimate of drug-likeness (QED) is 0.373. The maximum absolute atomic E-state index is 9.25. The van der Waals surface area contributed by atoms with Gasteiger partial charge in [-0.2, -0.15) is 10.5 Å². The summed E-state index contributed by atoms with van der Waals surface area (Å²) in [6.45, 7) is 15.2. The van der Waals surface area contributed by atoms with Crippen LogP contribution in [0.2, 0.25) is 0 Å². The molecule has 0 unspecified atom stereocenters. The maximum atomic E-state index is 9.25. The van der Waals surface area contributed by atoms with E-state index < -0.39 is 0 Å². The smallest absolute Gasteiger partial charge is 0.131 e. The first kappa shape index (κ1) is 25.2. The average Bonchev–Trinajstić information content (AvgIpc) is 3.33. The van der Waals surface area contributed by atoms with Crippen LogP contribution in [0.25, 0.3) is 17.7 Å². The Hall–Kier alpha value is -3.86. The lowest BCUT2D eigenvalue weighted by molar-refractivity contribution is 0.666. The third kappa shape index (κ3) is 4.66. The summed E-state index contributed by atoms with van der Waals surface area (Å²) in [5.74, 6) is 0. The Bertz CT molecular complexity index is 1510. The van der Waals surface area contributed by atoms with Crippen molar-refractivity contribution in [2.24, 2.45) is 0 Å². The molecule has 0 amide bonds. The van der Waals surface area contributed by atoms with Crippen LogP contribution in [0.15, 0.2) is 53.7 Å². The molecule has 1 aromatic heterocycles. The van der Waals surface area contributed by atoms with Gasteiger partial charge >= 0.3 is 0 Å². The number of thiophene rings is 1. The summed E-state index contributed by atoms with van der Waals surface area (Å²) < 4.78 is 0. The highest BCUT2D eigenvalue weighted by Gasteiger charge is 2.40. The molecule has 3 aromatic rings. The van der Waals surface area contributed by atoms with E-state index in [4.69, 9.17) is 0 Å². The number of nitrogens with one attached hydrogen (secondary N) is 1. The molecular weight excluding hydrogens is 458 g/mol. The molecule has 0 radical (unpaired) electrons. The minimum Gasteiger partial charge on any atom is -0.361 e. The third-order valence-electron chi connectivity index (χ3n) is 7.31. The van der Waals surface area contributed by atoms with Crippen LogP contribution in [0.3, 0.4) is 0 Å². The molecule has 0 fully saturated rings. The van der Waals surface area contributed by atoms with E-state index in [9.17, 15) is 10.5 Å². The van der Waals surface area contributed by atoms with Crippen LogP contribution in [-0.2, 0) is 5.41 Å². The monoisotopic (exact) mass is 489 g/mol. The van der Waals surface area contributed by atoms with Gasteiger partial charge in [-0.3, -0.25) is 0 Å². The Balaban J connectivity index is 1.87. The van der Waals surface area contributed by atoms with E-state index in [-0.39, 0.29) is 11.0 Å². The number of allylic oxidation sites excluding steroid dienone is 3. The number of fused-ring (bicyclic) bond motifs is 1. The van der Waals surface area contributed by atoms with Gasteiger partial charge < -0.3 is 5.32 Å². The van der Waals surface area contributed by atoms with Crippen molar-refractivity contribution in [1.29, 1.82) is 10.5 Å². The highest BCUT2D eigenvalue weighted by Crippen LogP contribution is 2.53. The van der Waals surface area contributed by atoms with E-state index in [0.717, 1.165) is 16.1 Å². The fourth-order valence-corrected chi connectivity index (χ4v) is 5.97. The fraction of sp³-hybridized carbons (Fsp3) is 0.250. The van der Waals surface area contributed by atoms with Crippen molar-refractivity contribution in [3.05, 3.63) is 102 Å². The molecule has 1 N–H and O–H groups in total. The molecule has 36 heavy (non-hydrogen) atoms. The second-order valence-electron chi connectivity index (χ2n) is 10.1. The fourth-order valence-electron chi connectivity index (χ4n) is 4.68. The van der Waals surface area contributed by atoms with E-state index in [0.29, 0.717) is 0 Å². The molecule has 2 aromatic carbocycles. The van der Waals surface area contributed by atoms with E-state index in [1.165, 1.54) is 49.4 Å². The Morgan fingerprint density at radius 1 is 0.889 bits per heavy atom. The molecule has 180 valence electrons. The van der Waals surface area contributed by atoms with E-state index in [1.807, 2.05) is 12.1 Å². The molecule has 0 bridgehead atoms. The first-order valence-corrected chi connectivity index (χ1v) is 12.9. The molecule has 0 aliphatic heterocycles. The Kier molecular flexibility index (Phi) is 6.77. The predicted octanol–water partition coefficient (Wildman–Crippen LogP) is 8.55. The van der Waals surface area contributed by atoms with E-state index >= 15 is 0 Å². The lowest BCUT2D eigenvalue weighted by atomic mass is 9.81. The zero-order chi connectivity index (χ0) is 26.2. The number of anilines is 1. The van der Waals surface area contributed by atoms with Crippen LogP contribution < -0.4 is 5.32 Å². The maximum Gasteiger partial charge on any atom is 0.131 e. The van der Waals surface area contributed by atoms with Crippen molar-refractivity contribution in [2.75, 3.05) is 5.32 Å². The summed E-state index contributed by atoms with van der Waals surface area (Å²) in [7, 11) is 0. The topological polar surface area (TPSA) is 59.6 Å². The van der Waals surface area contributed by atoms with Crippen LogP contribution >= 0.6 is 11.3 Å². The van der Waals surface area contributed by atoms with Gasteiger partial charge in [0.15, 0.2) is 0 Å². The van der Waals surface area contributed by atoms with Gasteiger partial charge in [-0.25, -0.2) is 0 Å². The molecule has 1 aliphatic rings. The van der Waals surface area contributed by atoms with Gasteiger partial charge in [0, 0.05) is 32.6 Å². The summed E-state index contributed by atoms with van der Waals surface area (Å²) in [6.07, 6.45) is 6.09. The second kappa shape index (κ2) is 9.65. The second-order valence-corrected chi connectivity index (χ2v) is 11.2. The van der Waals surface area contributed by atoms with Crippen molar-refractivity contribution in [1.82, 2.24) is 0 Å². The number of nitrogens with zero attached hydrogens (tertiary/aromatic N) is 2. The van der Waals surface area contributed by atoms with Crippen molar-refractivity contribution in [3.63, 3.8) is 0 Å². The zero-order valence-electron chi connectivity index (χ0n) is 22.0. The zero-order valence-corrected chi connectivity index (χ0v) is 22.8. The summed E-state index contributed by atoms with van der Waals surface area (Å²) in [4.78, 5) is 2.09. The Morgan fingerprint density at radius 2 is 1.56 bits per heavy atom. The molecular formula is C32H31N3S. The number of rotatable bonds is 4. The molecule has 1 heterocycles. The summed E-state index contributed by atoms with van der Waals surface area (Å²) >= 11 is 1.63. The molecule has 3 nitrogen and oxygen atoms in total. The highest BCUT2D eigenvalue weighted by atomic mass is 32.1. The third-order valence-corrected chi connectivity index (χ3v) is 8.43. The van der Waals surface area contributed by atoms with Gasteiger partial charge in [-0.05, 0) is 103 Å². The standard InChI is InChI=1S/C32H31N3S/c1-19-8-9-24(10-20(19)2)14-29-28(18-35-26-11-21(3)23(5)22(4)12-26)31-30(32(29,6)7)15-27(36-31)13-25(16-33)17-34/h8-15,18,35H,1-7H3/b28-18+,29-14+. The lowest BCUT2D eigenvalue weighted by Gasteiger charge is -2.22. The van der Waals surface area contributed by atoms with Crippen molar-refractivity contribution >= 4 is 34.7 Å². The number of hydrogen-bond donors (Lipinski definition) is 1. The summed E-state index contributed by atoms with van der Waals surface area (Å²) in [5.41, 5.74) is 12.1. The highest BCUT2D eigenvalue weighted by molar-refractivity contribution is 7.14. The number of aryl methyl sites for hydroxylation is 4. The van der Waals surface area contributed by atoms with Gasteiger partial charge in [0.1, 0.15) is 17.7 Å². The summed E-state index contributed by atoms with van der Waals surface area (Å²) in [6, 6.07) is 17.0. The van der Waals surface area contributed by atoms with Crippen LogP contribution in [-0.4, -0.2) is 0 Å². The molecule has 4 heteroatoms. The van der Waals surface area contributed by atoms with Gasteiger partial charge in [0.25, 0.3) is 0 Å². The average molecular weight is 490 g/mol. The predicted molar refractivity (Wildman–Crippen MR) is 153 cm³/mol. The number of hydrogen-bond acceptors (Lipinski definition) is 4. The minimum absolute atomic E-state index is 0.118. The van der Waals surface area contributed by atoms with Crippen molar-refractivity contribution < 1.29 is 0 Å². The van der Waals surface area contributed by atoms with E-state index in [2.05, 4.69) is 102 Å². The SMILES string of the molecule is Cc1ccc(/C=C2\C(=C/Nc3cc(C)c(C)c(C)c3)c3sc(C=C(C#N)C#N)cc3C2(C)C)cc1C. The van der Waals surface area contributed by atoms with Gasteiger partial charge in [-0.15, -0.1) is 11.3 Å². The van der Waals surface area contributed by atoms with Crippen LogP contribution in [0.5, 0.6) is 0 Å².